The molecule has 0 aromatic heterocycles. The Bertz CT molecular complexity index is 180. The first-order valence-electron chi connectivity index (χ1n) is 6.36. The Hall–Kier alpha value is -0.160. The summed E-state index contributed by atoms with van der Waals surface area (Å²) < 4.78 is 16.4. The molecule has 4 nitrogen and oxygen atoms in total. The van der Waals surface area contributed by atoms with Gasteiger partial charge < -0.3 is 19.5 Å². The first-order valence-corrected chi connectivity index (χ1v) is 6.36. The van der Waals surface area contributed by atoms with Gasteiger partial charge in [0.2, 0.25) is 0 Å². The van der Waals surface area contributed by atoms with Crippen molar-refractivity contribution in [2.24, 2.45) is 0 Å². The van der Waals surface area contributed by atoms with Gasteiger partial charge in [-0.2, -0.15) is 0 Å². The predicted molar refractivity (Wildman–Crippen MR) is 70.5 cm³/mol. The summed E-state index contributed by atoms with van der Waals surface area (Å²) in [5.74, 6) is 0. The summed E-state index contributed by atoms with van der Waals surface area (Å²) in [6.07, 6.45) is 0.159. The van der Waals surface area contributed by atoms with Crippen LogP contribution in [-0.4, -0.2) is 51.2 Å². The summed E-state index contributed by atoms with van der Waals surface area (Å²) >= 11 is 0. The maximum atomic E-state index is 5.88. The number of ether oxygens (including phenoxy) is 3. The quantitative estimate of drug-likeness (QED) is 0.675. The number of rotatable bonds is 9. The lowest BCUT2D eigenvalue weighted by Gasteiger charge is -2.27. The van der Waals surface area contributed by atoms with Crippen LogP contribution in [0, 0.1) is 0 Å². The van der Waals surface area contributed by atoms with Crippen molar-refractivity contribution in [1.82, 2.24) is 5.32 Å². The topological polar surface area (TPSA) is 39.7 Å². The third kappa shape index (κ3) is 10.7. The van der Waals surface area contributed by atoms with E-state index in [-0.39, 0.29) is 17.7 Å². The maximum Gasteiger partial charge on any atom is 0.0937 e. The van der Waals surface area contributed by atoms with Crippen LogP contribution < -0.4 is 5.32 Å². The molecule has 0 aliphatic heterocycles. The van der Waals surface area contributed by atoms with Gasteiger partial charge in [0, 0.05) is 25.8 Å². The van der Waals surface area contributed by atoms with Crippen LogP contribution in [0.2, 0.25) is 0 Å². The number of methoxy groups -OCH3 is 1. The van der Waals surface area contributed by atoms with Crippen LogP contribution in [0.5, 0.6) is 0 Å². The van der Waals surface area contributed by atoms with Gasteiger partial charge in [-0.25, -0.2) is 0 Å². The Morgan fingerprint density at radius 1 is 1.18 bits per heavy atom. The summed E-state index contributed by atoms with van der Waals surface area (Å²) in [7, 11) is 1.70. The Kier molecular flexibility index (Phi) is 8.78. The molecule has 0 heterocycles. The average Bonchev–Trinajstić information content (AvgIpc) is 2.22. The van der Waals surface area contributed by atoms with Crippen molar-refractivity contribution in [2.45, 2.75) is 52.4 Å². The largest absolute Gasteiger partial charge is 0.382 e. The van der Waals surface area contributed by atoms with E-state index in [4.69, 9.17) is 14.2 Å². The van der Waals surface area contributed by atoms with E-state index in [0.717, 1.165) is 13.2 Å². The highest BCUT2D eigenvalue weighted by Gasteiger charge is 2.17. The minimum absolute atomic E-state index is 0.0645. The molecule has 104 valence electrons. The zero-order chi connectivity index (χ0) is 13.3. The Labute approximate surface area is 106 Å². The van der Waals surface area contributed by atoms with Crippen LogP contribution in [0.4, 0.5) is 0 Å². The monoisotopic (exact) mass is 247 g/mol. The zero-order valence-electron chi connectivity index (χ0n) is 12.2. The van der Waals surface area contributed by atoms with Crippen LogP contribution in [0.25, 0.3) is 0 Å². The molecule has 0 aliphatic rings. The summed E-state index contributed by atoms with van der Waals surface area (Å²) in [5, 5.41) is 3.42. The lowest BCUT2D eigenvalue weighted by molar-refractivity contribution is -0.0708. The number of hydrogen-bond acceptors (Lipinski definition) is 4. The fraction of sp³-hybridized carbons (Fsp3) is 1.00. The van der Waals surface area contributed by atoms with Gasteiger partial charge in [0.05, 0.1) is 25.4 Å². The van der Waals surface area contributed by atoms with Crippen molar-refractivity contribution in [2.75, 3.05) is 33.5 Å². The van der Waals surface area contributed by atoms with Crippen LogP contribution in [0.3, 0.4) is 0 Å². The molecular weight excluding hydrogens is 218 g/mol. The first kappa shape index (κ1) is 16.8. The fourth-order valence-electron chi connectivity index (χ4n) is 1.40. The van der Waals surface area contributed by atoms with Crippen molar-refractivity contribution in [3.63, 3.8) is 0 Å². The van der Waals surface area contributed by atoms with Gasteiger partial charge >= 0.3 is 0 Å². The minimum atomic E-state index is 0.0645. The van der Waals surface area contributed by atoms with Crippen molar-refractivity contribution in [1.29, 1.82) is 0 Å². The molecule has 0 fully saturated rings. The second-order valence-electron chi connectivity index (χ2n) is 5.31. The molecule has 1 N–H and O–H groups in total. The van der Waals surface area contributed by atoms with Crippen LogP contribution in [0.15, 0.2) is 0 Å². The summed E-state index contributed by atoms with van der Waals surface area (Å²) in [4.78, 5) is 0. The molecule has 0 aliphatic carbocycles. The second-order valence-corrected chi connectivity index (χ2v) is 5.31. The fourth-order valence-corrected chi connectivity index (χ4v) is 1.40. The highest BCUT2D eigenvalue weighted by molar-refractivity contribution is 4.74. The van der Waals surface area contributed by atoms with Gasteiger partial charge in [0.1, 0.15) is 0 Å². The van der Waals surface area contributed by atoms with Crippen molar-refractivity contribution >= 4 is 0 Å². The van der Waals surface area contributed by atoms with Crippen LogP contribution >= 0.6 is 0 Å². The molecule has 17 heavy (non-hydrogen) atoms. The predicted octanol–water partition coefficient (Wildman–Crippen LogP) is 1.83. The second kappa shape index (κ2) is 8.86. The Morgan fingerprint density at radius 2 is 1.82 bits per heavy atom. The van der Waals surface area contributed by atoms with E-state index >= 15 is 0 Å². The normalized spacial score (nSPS) is 15.9. The molecule has 0 saturated heterocycles. The van der Waals surface area contributed by atoms with E-state index in [1.165, 1.54) is 0 Å². The van der Waals surface area contributed by atoms with Crippen molar-refractivity contribution < 1.29 is 14.2 Å². The van der Waals surface area contributed by atoms with Gasteiger partial charge in [0.15, 0.2) is 0 Å². The Morgan fingerprint density at radius 3 is 2.29 bits per heavy atom. The van der Waals surface area contributed by atoms with E-state index in [2.05, 4.69) is 26.1 Å². The summed E-state index contributed by atoms with van der Waals surface area (Å²) in [6.45, 7) is 13.2. The lowest BCUT2D eigenvalue weighted by atomic mass is 10.1. The third-order valence-electron chi connectivity index (χ3n) is 2.19. The average molecular weight is 247 g/mol. The maximum absolute atomic E-state index is 5.88. The molecule has 0 saturated carbocycles. The highest BCUT2D eigenvalue weighted by atomic mass is 16.6. The zero-order valence-corrected chi connectivity index (χ0v) is 12.2. The van der Waals surface area contributed by atoms with Crippen molar-refractivity contribution in [3.8, 4) is 0 Å². The third-order valence-corrected chi connectivity index (χ3v) is 2.19. The molecule has 2 atom stereocenters. The minimum Gasteiger partial charge on any atom is -0.382 e. The van der Waals surface area contributed by atoms with Gasteiger partial charge in [-0.1, -0.05) is 0 Å². The number of nitrogens with one attached hydrogen (secondary N) is 1. The van der Waals surface area contributed by atoms with Gasteiger partial charge in [-0.05, 0) is 34.6 Å². The van der Waals surface area contributed by atoms with E-state index in [9.17, 15) is 0 Å². The first-order chi connectivity index (χ1) is 7.89. The molecule has 0 spiro atoms. The molecule has 0 amide bonds. The molecular formula is C13H29NO3. The van der Waals surface area contributed by atoms with Crippen LogP contribution in [0.1, 0.15) is 34.6 Å². The molecule has 2 unspecified atom stereocenters. The SMILES string of the molecule is CCOCC(C)OC(CNC(C)(C)C)COC. The van der Waals surface area contributed by atoms with Gasteiger partial charge in [-0.3, -0.25) is 0 Å². The highest BCUT2D eigenvalue weighted by Crippen LogP contribution is 2.03. The van der Waals surface area contributed by atoms with E-state index in [1.807, 2.05) is 13.8 Å². The number of hydrogen-bond donors (Lipinski definition) is 1. The molecule has 0 aromatic rings. The van der Waals surface area contributed by atoms with E-state index < -0.39 is 0 Å². The van der Waals surface area contributed by atoms with E-state index in [0.29, 0.717) is 13.2 Å². The van der Waals surface area contributed by atoms with Crippen molar-refractivity contribution in [3.05, 3.63) is 0 Å². The summed E-state index contributed by atoms with van der Waals surface area (Å²) in [5.41, 5.74) is 0.0957. The molecule has 0 bridgehead atoms. The van der Waals surface area contributed by atoms with E-state index in [1.54, 1.807) is 7.11 Å². The standard InChI is InChI=1S/C13H29NO3/c1-7-16-9-11(2)17-12(10-15-6)8-14-13(3,4)5/h11-12,14H,7-10H2,1-6H3. The van der Waals surface area contributed by atoms with Gasteiger partial charge in [-0.15, -0.1) is 0 Å². The molecule has 0 aromatic carbocycles. The molecule has 0 rings (SSSR count). The molecule has 4 heteroatoms. The van der Waals surface area contributed by atoms with Crippen LogP contribution in [-0.2, 0) is 14.2 Å². The van der Waals surface area contributed by atoms with Gasteiger partial charge in [0.25, 0.3) is 0 Å². The summed E-state index contributed by atoms with van der Waals surface area (Å²) in [6, 6.07) is 0. The molecule has 0 radical (unpaired) electrons. The smallest absolute Gasteiger partial charge is 0.0937 e. The lowest BCUT2D eigenvalue weighted by Crippen LogP contribution is -2.44. The Balaban J connectivity index is 3.96.